The lowest BCUT2D eigenvalue weighted by molar-refractivity contribution is 0.235. The normalized spacial score (nSPS) is 15.8. The minimum atomic E-state index is -0.205. The molecule has 0 aliphatic carbocycles. The zero-order chi connectivity index (χ0) is 16.8. The second-order valence-corrected chi connectivity index (χ2v) is 5.61. The lowest BCUT2D eigenvalue weighted by Crippen LogP contribution is -2.38. The van der Waals surface area contributed by atoms with Crippen LogP contribution in [0.2, 0.25) is 0 Å². The second-order valence-electron chi connectivity index (χ2n) is 5.61. The molecule has 0 spiro atoms. The highest BCUT2D eigenvalue weighted by atomic mass is 16.5. The van der Waals surface area contributed by atoms with Gasteiger partial charge in [-0.1, -0.05) is 24.3 Å². The summed E-state index contributed by atoms with van der Waals surface area (Å²) in [5.41, 5.74) is 1.90. The van der Waals surface area contributed by atoms with Gasteiger partial charge in [-0.3, -0.25) is 0 Å². The van der Waals surface area contributed by atoms with Crippen molar-refractivity contribution in [2.75, 3.05) is 20.3 Å². The number of ether oxygens (including phenoxy) is 2. The monoisotopic (exact) mass is 327 g/mol. The van der Waals surface area contributed by atoms with Gasteiger partial charge in [0.15, 0.2) is 0 Å². The van der Waals surface area contributed by atoms with Gasteiger partial charge in [0.2, 0.25) is 5.88 Å². The first-order valence-corrected chi connectivity index (χ1v) is 7.99. The van der Waals surface area contributed by atoms with E-state index in [2.05, 4.69) is 21.7 Å². The Morgan fingerprint density at radius 3 is 3.00 bits per heavy atom. The number of urea groups is 1. The number of fused-ring (bicyclic) bond motifs is 1. The van der Waals surface area contributed by atoms with E-state index < -0.39 is 0 Å². The molecule has 2 aromatic rings. The molecule has 0 bridgehead atoms. The Hall–Kier alpha value is -2.76. The molecule has 0 saturated heterocycles. The fourth-order valence-electron chi connectivity index (χ4n) is 2.75. The van der Waals surface area contributed by atoms with Crippen molar-refractivity contribution in [2.24, 2.45) is 0 Å². The summed E-state index contributed by atoms with van der Waals surface area (Å²) in [6, 6.07) is 13.2. The minimum absolute atomic E-state index is 0.205. The number of carbonyl (C=O) groups is 1. The van der Waals surface area contributed by atoms with Crippen LogP contribution in [0.3, 0.4) is 0 Å². The Labute approximate surface area is 141 Å². The van der Waals surface area contributed by atoms with E-state index in [0.717, 1.165) is 23.4 Å². The van der Waals surface area contributed by atoms with Crippen LogP contribution >= 0.6 is 0 Å². The minimum Gasteiger partial charge on any atom is -0.493 e. The summed E-state index contributed by atoms with van der Waals surface area (Å²) in [5, 5.41) is 5.74. The fraction of sp³-hybridized carbons (Fsp3) is 0.333. The van der Waals surface area contributed by atoms with Crippen LogP contribution in [0, 0.1) is 0 Å². The molecule has 2 amide bonds. The van der Waals surface area contributed by atoms with Crippen LogP contribution in [0.4, 0.5) is 4.79 Å². The first-order valence-electron chi connectivity index (χ1n) is 7.99. The molecule has 6 heteroatoms. The summed E-state index contributed by atoms with van der Waals surface area (Å²) in [6.07, 6.45) is 0.898. The van der Waals surface area contributed by atoms with Gasteiger partial charge < -0.3 is 20.1 Å². The van der Waals surface area contributed by atoms with Gasteiger partial charge >= 0.3 is 6.03 Å². The Morgan fingerprint density at radius 2 is 2.12 bits per heavy atom. The van der Waals surface area contributed by atoms with E-state index in [0.29, 0.717) is 25.6 Å². The summed E-state index contributed by atoms with van der Waals surface area (Å²) in [7, 11) is 1.57. The van der Waals surface area contributed by atoms with Crippen molar-refractivity contribution in [3.05, 3.63) is 53.7 Å². The maximum absolute atomic E-state index is 12.0. The smallest absolute Gasteiger partial charge is 0.315 e. The van der Waals surface area contributed by atoms with Crippen LogP contribution in [0.1, 0.15) is 23.6 Å². The Morgan fingerprint density at radius 1 is 1.25 bits per heavy atom. The summed E-state index contributed by atoms with van der Waals surface area (Å²) in [5.74, 6) is 1.72. The van der Waals surface area contributed by atoms with Gasteiger partial charge in [-0.2, -0.15) is 0 Å². The number of benzene rings is 1. The molecule has 1 aromatic heterocycles. The zero-order valence-electron chi connectivity index (χ0n) is 13.6. The molecule has 24 heavy (non-hydrogen) atoms. The predicted octanol–water partition coefficient (Wildman–Crippen LogP) is 2.46. The third kappa shape index (κ3) is 3.95. The van der Waals surface area contributed by atoms with Crippen LogP contribution in [-0.4, -0.2) is 31.3 Å². The summed E-state index contributed by atoms with van der Waals surface area (Å²) < 4.78 is 10.7. The predicted molar refractivity (Wildman–Crippen MR) is 90.3 cm³/mol. The molecule has 1 aliphatic heterocycles. The standard InChI is InChI=1S/C18H21N3O3/c1-23-17-8-4-5-14(21-17)12-20-18(22)19-11-13-9-10-24-16-7-3-2-6-15(13)16/h2-8,13H,9-12H2,1H3,(H2,19,20,22)/t13-/m1/s1. The quantitative estimate of drug-likeness (QED) is 0.885. The Balaban J connectivity index is 1.49. The van der Waals surface area contributed by atoms with Crippen LogP contribution in [0.25, 0.3) is 0 Å². The van der Waals surface area contributed by atoms with Crippen molar-refractivity contribution in [3.63, 3.8) is 0 Å². The van der Waals surface area contributed by atoms with Crippen LogP contribution < -0.4 is 20.1 Å². The van der Waals surface area contributed by atoms with E-state index in [1.807, 2.05) is 30.3 Å². The lowest BCUT2D eigenvalue weighted by atomic mass is 9.93. The third-order valence-electron chi connectivity index (χ3n) is 4.01. The highest BCUT2D eigenvalue weighted by Gasteiger charge is 2.21. The number of carbonyl (C=O) groups excluding carboxylic acids is 1. The molecule has 3 rings (SSSR count). The van der Waals surface area contributed by atoms with E-state index >= 15 is 0 Å². The molecular weight excluding hydrogens is 306 g/mol. The van der Waals surface area contributed by atoms with Crippen LogP contribution in [0.5, 0.6) is 11.6 Å². The van der Waals surface area contributed by atoms with Crippen molar-refractivity contribution in [2.45, 2.75) is 18.9 Å². The third-order valence-corrected chi connectivity index (χ3v) is 4.01. The first-order chi connectivity index (χ1) is 11.8. The average Bonchev–Trinajstić information content (AvgIpc) is 2.64. The molecule has 0 radical (unpaired) electrons. The number of para-hydroxylation sites is 1. The van der Waals surface area contributed by atoms with Gasteiger partial charge in [-0.15, -0.1) is 0 Å². The number of pyridine rings is 1. The number of rotatable bonds is 5. The highest BCUT2D eigenvalue weighted by Crippen LogP contribution is 2.32. The molecule has 0 saturated carbocycles. The highest BCUT2D eigenvalue weighted by molar-refractivity contribution is 5.73. The first kappa shape index (κ1) is 16.1. The van der Waals surface area contributed by atoms with Gasteiger partial charge in [0.25, 0.3) is 0 Å². The van der Waals surface area contributed by atoms with Crippen molar-refractivity contribution in [3.8, 4) is 11.6 Å². The van der Waals surface area contributed by atoms with Gasteiger partial charge in [-0.25, -0.2) is 9.78 Å². The SMILES string of the molecule is COc1cccc(CNC(=O)NC[C@H]2CCOc3ccccc32)n1. The maximum atomic E-state index is 12.0. The summed E-state index contributed by atoms with van der Waals surface area (Å²) in [4.78, 5) is 16.3. The fourth-order valence-corrected chi connectivity index (χ4v) is 2.75. The average molecular weight is 327 g/mol. The molecule has 1 atom stereocenters. The lowest BCUT2D eigenvalue weighted by Gasteiger charge is -2.26. The van der Waals surface area contributed by atoms with Gasteiger partial charge in [0.05, 0.1) is 26.0 Å². The Kier molecular flexibility index (Phi) is 5.15. The number of hydrogen-bond acceptors (Lipinski definition) is 4. The number of methoxy groups -OCH3 is 1. The summed E-state index contributed by atoms with van der Waals surface area (Å²) in [6.45, 7) is 1.61. The van der Waals surface area contributed by atoms with Crippen molar-refractivity contribution in [1.29, 1.82) is 0 Å². The van der Waals surface area contributed by atoms with Crippen LogP contribution in [-0.2, 0) is 6.54 Å². The van der Waals surface area contributed by atoms with E-state index in [9.17, 15) is 4.79 Å². The Bertz CT molecular complexity index is 705. The topological polar surface area (TPSA) is 72.5 Å². The van der Waals surface area contributed by atoms with Crippen molar-refractivity contribution >= 4 is 6.03 Å². The number of nitrogens with zero attached hydrogens (tertiary/aromatic N) is 1. The van der Waals surface area contributed by atoms with E-state index in [1.54, 1.807) is 13.2 Å². The molecule has 1 aromatic carbocycles. The second kappa shape index (κ2) is 7.68. The maximum Gasteiger partial charge on any atom is 0.315 e. The molecule has 1 aliphatic rings. The van der Waals surface area contributed by atoms with Gasteiger partial charge in [-0.05, 0) is 24.1 Å². The van der Waals surface area contributed by atoms with E-state index in [-0.39, 0.29) is 11.9 Å². The zero-order valence-corrected chi connectivity index (χ0v) is 13.6. The molecule has 2 heterocycles. The van der Waals surface area contributed by atoms with Crippen molar-refractivity contribution in [1.82, 2.24) is 15.6 Å². The summed E-state index contributed by atoms with van der Waals surface area (Å²) >= 11 is 0. The largest absolute Gasteiger partial charge is 0.493 e. The molecule has 2 N–H and O–H groups in total. The molecule has 0 unspecified atom stereocenters. The molecule has 126 valence electrons. The molecule has 0 fully saturated rings. The van der Waals surface area contributed by atoms with E-state index in [4.69, 9.17) is 9.47 Å². The number of amides is 2. The molecule has 6 nitrogen and oxygen atoms in total. The number of hydrogen-bond donors (Lipinski definition) is 2. The number of aromatic nitrogens is 1. The number of nitrogens with one attached hydrogen (secondary N) is 2. The van der Waals surface area contributed by atoms with Crippen LogP contribution in [0.15, 0.2) is 42.5 Å². The van der Waals surface area contributed by atoms with Gasteiger partial charge in [0.1, 0.15) is 5.75 Å². The van der Waals surface area contributed by atoms with Crippen molar-refractivity contribution < 1.29 is 14.3 Å². The van der Waals surface area contributed by atoms with E-state index in [1.165, 1.54) is 0 Å². The molecular formula is C18H21N3O3. The van der Waals surface area contributed by atoms with Gasteiger partial charge in [0, 0.05) is 18.5 Å².